The number of Topliss-reactive ketones (excluding diaryl/α,β-unsaturated/α-hetero) is 2. The van der Waals surface area contributed by atoms with Crippen LogP contribution >= 0.6 is 0 Å². The van der Waals surface area contributed by atoms with Gasteiger partial charge in [-0.2, -0.15) is 5.90 Å². The molecule has 0 heterocycles. The molecular weight excluding hydrogens is 278 g/mol. The Morgan fingerprint density at radius 2 is 1.77 bits per heavy atom. The van der Waals surface area contributed by atoms with Gasteiger partial charge in [0.2, 0.25) is 0 Å². The molecule has 3 fully saturated rings. The van der Waals surface area contributed by atoms with Gasteiger partial charge in [0.1, 0.15) is 11.7 Å². The molecule has 22 heavy (non-hydrogen) atoms. The van der Waals surface area contributed by atoms with Gasteiger partial charge in [0, 0.05) is 11.8 Å². The summed E-state index contributed by atoms with van der Waals surface area (Å²) in [4.78, 5) is 30.6. The number of benzene rings is 1. The molecule has 0 aromatic heterocycles. The van der Waals surface area contributed by atoms with E-state index in [0.29, 0.717) is 17.6 Å². The van der Waals surface area contributed by atoms with Crippen LogP contribution in [0.15, 0.2) is 18.2 Å². The summed E-state index contributed by atoms with van der Waals surface area (Å²) in [6.45, 7) is 2.02. The van der Waals surface area contributed by atoms with Crippen molar-refractivity contribution in [2.75, 3.05) is 0 Å². The summed E-state index contributed by atoms with van der Waals surface area (Å²) in [6, 6.07) is 5.45. The molecule has 2 N–H and O–H groups in total. The molecule has 3 saturated carbocycles. The second-order valence-corrected chi connectivity index (χ2v) is 6.95. The van der Waals surface area contributed by atoms with Crippen LogP contribution < -0.4 is 10.7 Å². The Kier molecular flexibility index (Phi) is 3.12. The van der Waals surface area contributed by atoms with Gasteiger partial charge in [-0.3, -0.25) is 9.59 Å². The number of fused-ring (bicyclic) bond motifs is 5. The minimum absolute atomic E-state index is 0.00797. The molecule has 0 radical (unpaired) electrons. The van der Waals surface area contributed by atoms with Crippen LogP contribution in [0, 0.1) is 23.7 Å². The van der Waals surface area contributed by atoms with E-state index >= 15 is 0 Å². The Hall–Kier alpha value is -1.68. The number of ketones is 2. The highest BCUT2D eigenvalue weighted by Gasteiger charge is 2.61. The van der Waals surface area contributed by atoms with E-state index in [1.54, 1.807) is 6.07 Å². The highest BCUT2D eigenvalue weighted by molar-refractivity contribution is 6.16. The summed E-state index contributed by atoms with van der Waals surface area (Å²) in [5.74, 6) is 6.45. The van der Waals surface area contributed by atoms with Crippen LogP contribution in [0.5, 0.6) is 5.75 Å². The second-order valence-electron chi connectivity index (χ2n) is 6.95. The molecule has 4 nitrogen and oxygen atoms in total. The predicted molar refractivity (Wildman–Crippen MR) is 81.2 cm³/mol. The zero-order chi connectivity index (χ0) is 15.4. The van der Waals surface area contributed by atoms with Gasteiger partial charge in [-0.1, -0.05) is 13.0 Å². The van der Waals surface area contributed by atoms with Gasteiger partial charge in [-0.15, -0.1) is 0 Å². The first-order valence-corrected chi connectivity index (χ1v) is 8.22. The van der Waals surface area contributed by atoms with Gasteiger partial charge in [-0.05, 0) is 60.8 Å². The number of aryl methyl sites for hydroxylation is 1. The van der Waals surface area contributed by atoms with E-state index < -0.39 is 5.92 Å². The third-order valence-corrected chi connectivity index (χ3v) is 6.08. The highest BCUT2D eigenvalue weighted by atomic mass is 16.6. The van der Waals surface area contributed by atoms with E-state index in [4.69, 9.17) is 10.7 Å². The molecule has 1 aromatic carbocycles. The minimum Gasteiger partial charge on any atom is -0.412 e. The second kappa shape index (κ2) is 4.92. The third-order valence-electron chi connectivity index (χ3n) is 6.08. The van der Waals surface area contributed by atoms with Crippen molar-refractivity contribution in [2.45, 2.75) is 38.5 Å². The van der Waals surface area contributed by atoms with Crippen molar-refractivity contribution >= 4 is 11.6 Å². The first kappa shape index (κ1) is 13.9. The van der Waals surface area contributed by atoms with E-state index in [1.807, 2.05) is 19.1 Å². The Morgan fingerprint density at radius 1 is 1.14 bits per heavy atom. The molecule has 4 atom stereocenters. The number of hydrogen-bond acceptors (Lipinski definition) is 4. The summed E-state index contributed by atoms with van der Waals surface area (Å²) < 4.78 is 0. The number of carbonyl (C=O) groups is 2. The first-order valence-electron chi connectivity index (χ1n) is 8.22. The lowest BCUT2D eigenvalue weighted by atomic mass is 9.81. The van der Waals surface area contributed by atoms with Gasteiger partial charge in [0.25, 0.3) is 0 Å². The number of rotatable bonds is 3. The van der Waals surface area contributed by atoms with Gasteiger partial charge in [0.05, 0.1) is 0 Å². The fourth-order valence-corrected chi connectivity index (χ4v) is 5.18. The van der Waals surface area contributed by atoms with Crippen LogP contribution in [-0.2, 0) is 16.0 Å². The van der Waals surface area contributed by atoms with E-state index in [0.717, 1.165) is 36.8 Å². The number of hydrogen-bond donors (Lipinski definition) is 1. The molecule has 116 valence electrons. The standard InChI is InChI=1S/C18H21NO3/c1-2-9-8-12(22-19)5-6-13(9)16-17(20)14-10-3-4-11(7-10)15(14)18(16)21/h5-6,8,10-11,14-16H,2-4,7,19H2,1H3. The summed E-state index contributed by atoms with van der Waals surface area (Å²) in [5.41, 5.74) is 1.86. The molecule has 0 spiro atoms. The Balaban J connectivity index is 1.75. The maximum Gasteiger partial charge on any atom is 0.151 e. The summed E-state index contributed by atoms with van der Waals surface area (Å²) in [6.07, 6.45) is 4.09. The fourth-order valence-electron chi connectivity index (χ4n) is 5.18. The van der Waals surface area contributed by atoms with E-state index in [2.05, 4.69) is 0 Å². The molecule has 1 aromatic rings. The molecule has 4 heteroatoms. The van der Waals surface area contributed by atoms with Crippen molar-refractivity contribution in [3.8, 4) is 5.75 Å². The van der Waals surface area contributed by atoms with Crippen molar-refractivity contribution in [3.63, 3.8) is 0 Å². The largest absolute Gasteiger partial charge is 0.412 e. The average molecular weight is 299 g/mol. The van der Waals surface area contributed by atoms with Crippen LogP contribution in [0.4, 0.5) is 0 Å². The highest BCUT2D eigenvalue weighted by Crippen LogP contribution is 2.59. The van der Waals surface area contributed by atoms with Crippen LogP contribution in [0.25, 0.3) is 0 Å². The van der Waals surface area contributed by atoms with Gasteiger partial charge < -0.3 is 4.84 Å². The third kappa shape index (κ3) is 1.73. The van der Waals surface area contributed by atoms with E-state index in [9.17, 15) is 9.59 Å². The quantitative estimate of drug-likeness (QED) is 0.687. The smallest absolute Gasteiger partial charge is 0.151 e. The van der Waals surface area contributed by atoms with E-state index in [1.165, 1.54) is 0 Å². The molecular formula is C18H21NO3. The van der Waals surface area contributed by atoms with Crippen molar-refractivity contribution in [1.29, 1.82) is 0 Å². The topological polar surface area (TPSA) is 69.4 Å². The predicted octanol–water partition coefficient (Wildman–Crippen LogP) is 2.40. The zero-order valence-electron chi connectivity index (χ0n) is 12.7. The van der Waals surface area contributed by atoms with Crippen LogP contribution in [0.1, 0.15) is 43.2 Å². The van der Waals surface area contributed by atoms with E-state index in [-0.39, 0.29) is 23.4 Å². The van der Waals surface area contributed by atoms with Crippen LogP contribution in [-0.4, -0.2) is 11.6 Å². The number of nitrogens with two attached hydrogens (primary N) is 1. The molecule has 4 unspecified atom stereocenters. The zero-order valence-corrected chi connectivity index (χ0v) is 12.7. The molecule has 0 saturated heterocycles. The lowest BCUT2D eigenvalue weighted by molar-refractivity contribution is -0.125. The molecule has 3 aliphatic rings. The summed E-state index contributed by atoms with van der Waals surface area (Å²) in [7, 11) is 0. The van der Waals surface area contributed by atoms with Crippen molar-refractivity contribution < 1.29 is 14.4 Å². The summed E-state index contributed by atoms with van der Waals surface area (Å²) >= 11 is 0. The SMILES string of the molecule is CCc1cc(ON)ccc1C1C(=O)C2C3CCC(C3)C2C1=O. The van der Waals surface area contributed by atoms with Crippen molar-refractivity contribution in [2.24, 2.45) is 29.6 Å². The molecule has 4 rings (SSSR count). The fraction of sp³-hybridized carbons (Fsp3) is 0.556. The normalized spacial score (nSPS) is 36.0. The Morgan fingerprint density at radius 3 is 2.32 bits per heavy atom. The first-order chi connectivity index (χ1) is 10.7. The maximum absolute atomic E-state index is 12.9. The molecule has 0 aliphatic heterocycles. The van der Waals surface area contributed by atoms with Crippen molar-refractivity contribution in [1.82, 2.24) is 0 Å². The summed E-state index contributed by atoms with van der Waals surface area (Å²) in [5, 5.41) is 0. The van der Waals surface area contributed by atoms with Crippen LogP contribution in [0.3, 0.4) is 0 Å². The number of carbonyl (C=O) groups excluding carboxylic acids is 2. The molecule has 3 aliphatic carbocycles. The molecule has 2 bridgehead atoms. The molecule has 0 amide bonds. The van der Waals surface area contributed by atoms with Gasteiger partial charge in [-0.25, -0.2) is 0 Å². The average Bonchev–Trinajstić information content (AvgIpc) is 3.21. The minimum atomic E-state index is -0.555. The lowest BCUT2D eigenvalue weighted by Gasteiger charge is -2.21. The Labute approximate surface area is 130 Å². The maximum atomic E-state index is 12.9. The monoisotopic (exact) mass is 299 g/mol. The van der Waals surface area contributed by atoms with Crippen LogP contribution in [0.2, 0.25) is 0 Å². The van der Waals surface area contributed by atoms with Gasteiger partial charge in [0.15, 0.2) is 11.6 Å². The van der Waals surface area contributed by atoms with Crippen molar-refractivity contribution in [3.05, 3.63) is 29.3 Å². The lowest BCUT2D eigenvalue weighted by Crippen LogP contribution is -2.24. The van der Waals surface area contributed by atoms with Gasteiger partial charge >= 0.3 is 0 Å². The Bertz CT molecular complexity index is 626.